The third-order valence-electron chi connectivity index (χ3n) is 3.06. The van der Waals surface area contributed by atoms with Crippen LogP contribution in [0, 0.1) is 0 Å². The van der Waals surface area contributed by atoms with Crippen molar-refractivity contribution in [1.29, 1.82) is 0 Å². The van der Waals surface area contributed by atoms with E-state index in [1.54, 1.807) is 14.0 Å². The number of halogens is 1. The Balaban J connectivity index is 2.21. The molecule has 0 heterocycles. The first-order valence-electron chi connectivity index (χ1n) is 6.39. The molecule has 21 heavy (non-hydrogen) atoms. The van der Waals surface area contributed by atoms with Crippen LogP contribution in [0.4, 0.5) is 0 Å². The summed E-state index contributed by atoms with van der Waals surface area (Å²) in [5, 5.41) is 12.1. The van der Waals surface area contributed by atoms with E-state index >= 15 is 0 Å². The van der Waals surface area contributed by atoms with E-state index in [4.69, 9.17) is 14.7 Å². The molecule has 110 valence electrons. The van der Waals surface area contributed by atoms with Crippen molar-refractivity contribution in [1.82, 2.24) is 0 Å². The van der Waals surface area contributed by atoms with Crippen molar-refractivity contribution < 1.29 is 14.7 Å². The van der Waals surface area contributed by atoms with E-state index in [0.29, 0.717) is 18.1 Å². The zero-order valence-corrected chi connectivity index (χ0v) is 13.4. The van der Waals surface area contributed by atoms with Gasteiger partial charge in [-0.25, -0.2) is 0 Å². The van der Waals surface area contributed by atoms with Gasteiger partial charge in [0, 0.05) is 15.6 Å². The van der Waals surface area contributed by atoms with Gasteiger partial charge in [0.2, 0.25) is 0 Å². The van der Waals surface area contributed by atoms with Gasteiger partial charge in [0.25, 0.3) is 0 Å². The molecule has 0 unspecified atom stereocenters. The summed E-state index contributed by atoms with van der Waals surface area (Å²) in [6, 6.07) is 13.2. The lowest BCUT2D eigenvalue weighted by molar-refractivity contribution is 0.302. The summed E-state index contributed by atoms with van der Waals surface area (Å²) in [4.78, 5) is 0. The highest BCUT2D eigenvalue weighted by molar-refractivity contribution is 9.10. The molecule has 0 aliphatic heterocycles. The second kappa shape index (κ2) is 7.13. The van der Waals surface area contributed by atoms with Crippen LogP contribution < -0.4 is 9.47 Å². The van der Waals surface area contributed by atoms with Gasteiger partial charge in [-0.1, -0.05) is 33.2 Å². The van der Waals surface area contributed by atoms with Crippen LogP contribution in [0.25, 0.3) is 0 Å². The van der Waals surface area contributed by atoms with Gasteiger partial charge in [-0.05, 0) is 37.3 Å². The van der Waals surface area contributed by atoms with E-state index in [-0.39, 0.29) is 0 Å². The van der Waals surface area contributed by atoms with Crippen LogP contribution in [-0.2, 0) is 6.61 Å². The number of rotatable bonds is 5. The van der Waals surface area contributed by atoms with E-state index in [1.165, 1.54) is 0 Å². The van der Waals surface area contributed by atoms with Crippen LogP contribution in [0.3, 0.4) is 0 Å². The largest absolute Gasteiger partial charge is 0.497 e. The second-order valence-corrected chi connectivity index (χ2v) is 5.28. The highest BCUT2D eigenvalue weighted by atomic mass is 79.9. The molecular weight excluding hydrogens is 334 g/mol. The zero-order chi connectivity index (χ0) is 15.2. The average molecular weight is 350 g/mol. The fourth-order valence-corrected chi connectivity index (χ4v) is 2.25. The molecule has 2 rings (SSSR count). The first kappa shape index (κ1) is 15.4. The van der Waals surface area contributed by atoms with E-state index in [0.717, 1.165) is 21.3 Å². The van der Waals surface area contributed by atoms with E-state index in [9.17, 15) is 0 Å². The molecule has 2 aromatic carbocycles. The van der Waals surface area contributed by atoms with E-state index in [2.05, 4.69) is 21.1 Å². The van der Waals surface area contributed by atoms with Crippen molar-refractivity contribution >= 4 is 21.6 Å². The maximum atomic E-state index is 8.92. The molecule has 0 aromatic heterocycles. The summed E-state index contributed by atoms with van der Waals surface area (Å²) in [5.74, 6) is 1.45. The van der Waals surface area contributed by atoms with Gasteiger partial charge in [0.1, 0.15) is 18.1 Å². The van der Waals surface area contributed by atoms with Crippen LogP contribution in [0.5, 0.6) is 11.5 Å². The molecular formula is C16H16BrNO3. The SMILES string of the molecule is COc1ccc(Br)c(COc2ccccc2C(C)=NO)c1. The molecule has 0 spiro atoms. The topological polar surface area (TPSA) is 51.0 Å². The van der Waals surface area contributed by atoms with Crippen LogP contribution >= 0.6 is 15.9 Å². The molecule has 0 saturated carbocycles. The molecule has 5 heteroatoms. The minimum atomic E-state index is 0.382. The van der Waals surface area contributed by atoms with Crippen molar-refractivity contribution in [3.63, 3.8) is 0 Å². The predicted octanol–water partition coefficient (Wildman–Crippen LogP) is 4.23. The van der Waals surface area contributed by atoms with Crippen molar-refractivity contribution in [3.05, 3.63) is 58.1 Å². The first-order chi connectivity index (χ1) is 10.2. The van der Waals surface area contributed by atoms with Gasteiger partial charge in [-0.2, -0.15) is 0 Å². The lowest BCUT2D eigenvalue weighted by atomic mass is 10.1. The Morgan fingerprint density at radius 3 is 2.71 bits per heavy atom. The maximum absolute atomic E-state index is 8.92. The molecule has 0 aliphatic rings. The van der Waals surface area contributed by atoms with Crippen molar-refractivity contribution in [2.24, 2.45) is 5.16 Å². The summed E-state index contributed by atoms with van der Waals surface area (Å²) in [7, 11) is 1.63. The molecule has 0 bridgehead atoms. The van der Waals surface area contributed by atoms with Gasteiger partial charge in [0.15, 0.2) is 0 Å². The second-order valence-electron chi connectivity index (χ2n) is 4.43. The smallest absolute Gasteiger partial charge is 0.128 e. The Morgan fingerprint density at radius 1 is 1.24 bits per heavy atom. The maximum Gasteiger partial charge on any atom is 0.128 e. The molecule has 0 radical (unpaired) electrons. The van der Waals surface area contributed by atoms with Crippen molar-refractivity contribution in [2.75, 3.05) is 7.11 Å². The van der Waals surface area contributed by atoms with Gasteiger partial charge in [0.05, 0.1) is 12.8 Å². The summed E-state index contributed by atoms with van der Waals surface area (Å²) in [6.07, 6.45) is 0. The summed E-state index contributed by atoms with van der Waals surface area (Å²) in [5.41, 5.74) is 2.25. The number of nitrogens with zero attached hydrogens (tertiary/aromatic N) is 1. The Bertz CT molecular complexity index is 656. The Hall–Kier alpha value is -2.01. The fraction of sp³-hybridized carbons (Fsp3) is 0.188. The predicted molar refractivity (Wildman–Crippen MR) is 85.5 cm³/mol. The van der Waals surface area contributed by atoms with Crippen LogP contribution in [-0.4, -0.2) is 18.0 Å². The van der Waals surface area contributed by atoms with Crippen LogP contribution in [0.2, 0.25) is 0 Å². The quantitative estimate of drug-likeness (QED) is 0.499. The normalized spacial score (nSPS) is 11.3. The van der Waals surface area contributed by atoms with Gasteiger partial charge in [-0.3, -0.25) is 0 Å². The van der Waals surface area contributed by atoms with E-state index < -0.39 is 0 Å². The highest BCUT2D eigenvalue weighted by Crippen LogP contribution is 2.25. The average Bonchev–Trinajstić information content (AvgIpc) is 2.53. The molecule has 0 fully saturated rings. The molecule has 1 N–H and O–H groups in total. The number of ether oxygens (including phenoxy) is 2. The number of oxime groups is 1. The summed E-state index contributed by atoms with van der Waals surface area (Å²) in [6.45, 7) is 2.11. The lowest BCUT2D eigenvalue weighted by Crippen LogP contribution is -2.03. The number of hydrogen-bond acceptors (Lipinski definition) is 4. The highest BCUT2D eigenvalue weighted by Gasteiger charge is 2.08. The number of para-hydroxylation sites is 1. The fourth-order valence-electron chi connectivity index (χ4n) is 1.89. The van der Waals surface area contributed by atoms with Gasteiger partial charge < -0.3 is 14.7 Å². The van der Waals surface area contributed by atoms with Gasteiger partial charge in [-0.15, -0.1) is 0 Å². The minimum Gasteiger partial charge on any atom is -0.497 e. The molecule has 0 atom stereocenters. The number of methoxy groups -OCH3 is 1. The third kappa shape index (κ3) is 3.76. The molecule has 0 aliphatic carbocycles. The van der Waals surface area contributed by atoms with Crippen LogP contribution in [0.1, 0.15) is 18.1 Å². The Morgan fingerprint density at radius 2 is 2.00 bits per heavy atom. The van der Waals surface area contributed by atoms with Crippen molar-refractivity contribution in [3.8, 4) is 11.5 Å². The molecule has 4 nitrogen and oxygen atoms in total. The lowest BCUT2D eigenvalue weighted by Gasteiger charge is -2.12. The first-order valence-corrected chi connectivity index (χ1v) is 7.18. The minimum absolute atomic E-state index is 0.382. The summed E-state index contributed by atoms with van der Waals surface area (Å²) >= 11 is 3.50. The number of benzene rings is 2. The zero-order valence-electron chi connectivity index (χ0n) is 11.8. The standard InChI is InChI=1S/C16H16BrNO3/c1-11(18-19)14-5-3-4-6-16(14)21-10-12-9-13(20-2)7-8-15(12)17/h3-9,19H,10H2,1-2H3. The Labute approximate surface area is 132 Å². The number of hydrogen-bond donors (Lipinski definition) is 1. The third-order valence-corrected chi connectivity index (χ3v) is 3.84. The molecule has 2 aromatic rings. The van der Waals surface area contributed by atoms with Crippen LogP contribution in [0.15, 0.2) is 52.1 Å². The van der Waals surface area contributed by atoms with Gasteiger partial charge >= 0.3 is 0 Å². The van der Waals surface area contributed by atoms with Crippen molar-refractivity contribution in [2.45, 2.75) is 13.5 Å². The monoisotopic (exact) mass is 349 g/mol. The van der Waals surface area contributed by atoms with E-state index in [1.807, 2.05) is 42.5 Å². The molecule has 0 saturated heterocycles. The summed E-state index contributed by atoms with van der Waals surface area (Å²) < 4.78 is 12.0. The molecule has 0 amide bonds. The Kier molecular flexibility index (Phi) is 5.22.